The Balaban J connectivity index is 0. The summed E-state index contributed by atoms with van der Waals surface area (Å²) in [5, 5.41) is 113. The molecule has 7 rings (SSSR count). The van der Waals surface area contributed by atoms with Crippen LogP contribution in [-0.2, 0) is 37.6 Å². The van der Waals surface area contributed by atoms with Gasteiger partial charge in [0.15, 0.2) is 87.8 Å². The molecule has 3 aliphatic rings. The van der Waals surface area contributed by atoms with Gasteiger partial charge in [0.25, 0.3) is 0 Å². The first-order valence-corrected chi connectivity index (χ1v) is 28.2. The predicted octanol–water partition coefficient (Wildman–Crippen LogP) is -4.60. The number of rotatable bonds is 14. The minimum absolute atomic E-state index is 0.0576. The Morgan fingerprint density at radius 2 is 1.26 bits per heavy atom. The van der Waals surface area contributed by atoms with E-state index in [0.29, 0.717) is 20.0 Å². The molecule has 4 aromatic heterocycles. The lowest BCUT2D eigenvalue weighted by Crippen LogP contribution is -2.42. The third-order valence-electron chi connectivity index (χ3n) is 11.0. The predicted molar refractivity (Wildman–Crippen MR) is 313 cm³/mol. The number of aldehydes is 3. The normalized spacial score (nSPS) is 24.3. The molecule has 7 heterocycles. The molecule has 3 aliphatic heterocycles. The lowest BCUT2D eigenvalue weighted by molar-refractivity contribution is -0.135. The number of aromatic nitrogens is 8. The molecular formula is C49H67F2N11O22P4. The van der Waals surface area contributed by atoms with Crippen LogP contribution in [0.15, 0.2) is 12.7 Å². The summed E-state index contributed by atoms with van der Waals surface area (Å²) < 4.78 is 51.9. The van der Waals surface area contributed by atoms with Crippen LogP contribution in [0, 0.1) is 91.4 Å². The van der Waals surface area contributed by atoms with E-state index in [2.05, 4.69) is 77.0 Å². The molecule has 0 radical (unpaired) electrons. The largest absolute Gasteiger partial charge is 0.392 e. The van der Waals surface area contributed by atoms with Crippen LogP contribution in [0.25, 0.3) is 22.3 Å². The van der Waals surface area contributed by atoms with E-state index >= 15 is 0 Å². The van der Waals surface area contributed by atoms with Gasteiger partial charge in [-0.25, -0.2) is 9.97 Å². The Morgan fingerprint density at radius 1 is 0.773 bits per heavy atom. The van der Waals surface area contributed by atoms with E-state index in [1.54, 1.807) is 5.92 Å². The second-order valence-corrected chi connectivity index (χ2v) is 19.0. The monoisotopic (exact) mass is 1320 g/mol. The van der Waals surface area contributed by atoms with Gasteiger partial charge in [-0.05, 0) is 13.8 Å². The van der Waals surface area contributed by atoms with Crippen molar-refractivity contribution in [3.8, 4) is 74.1 Å². The van der Waals surface area contributed by atoms with E-state index in [0.717, 1.165) is 6.29 Å². The Kier molecular flexibility index (Phi) is 39.6. The number of halogens is 2. The van der Waals surface area contributed by atoms with Crippen molar-refractivity contribution in [1.82, 2.24) is 39.5 Å². The number of ether oxygens (including phenoxy) is 3. The van der Waals surface area contributed by atoms with E-state index in [1.807, 2.05) is 18.8 Å². The molecule has 3 saturated heterocycles. The van der Waals surface area contributed by atoms with Gasteiger partial charge >= 0.3 is 12.2 Å². The number of carbonyl (C=O) groups excluding carboxylic acids is 3. The van der Waals surface area contributed by atoms with Crippen LogP contribution in [0.2, 0.25) is 0 Å². The molecule has 4 aromatic rings. The number of aromatic amines is 1. The van der Waals surface area contributed by atoms with E-state index in [9.17, 15) is 38.8 Å². The maximum absolute atomic E-state index is 13.3. The number of nitrogens with one attached hydrogen (secondary N) is 2. The Labute approximate surface area is 508 Å². The molecule has 4 unspecified atom stereocenters. The molecule has 14 atom stereocenters. The van der Waals surface area contributed by atoms with Gasteiger partial charge in [0, 0.05) is 27.3 Å². The Bertz CT molecular complexity index is 3060. The van der Waals surface area contributed by atoms with Crippen molar-refractivity contribution in [1.29, 1.82) is 5.16 Å². The first kappa shape index (κ1) is 83.6. The van der Waals surface area contributed by atoms with Gasteiger partial charge in [0.2, 0.25) is 11.2 Å². The summed E-state index contributed by atoms with van der Waals surface area (Å²) in [6.07, 6.45) is 27.6. The van der Waals surface area contributed by atoms with Gasteiger partial charge in [-0.1, -0.05) is 44.5 Å². The standard InChI is InChI=1S/C12H12FN5O3.C8H12O3.C7H11O5P.C5H4FN5.C5H7O4P.C5H8O3.C5H6O3.C2H4O.H3NP2/c1-2-12(4-19)6(20)3-7(21-12)18-5-15-8-9(14)16-11(13)17-10(8)18;1-3-8(5-9)7(10)4-6(2)11-8;1-2-7(4-11-13-10)5(8)3-6(9)12-7;6-5-10-3(7)2-4(11-5)9-1-8-2;1-2-5(7,3-6)4-9-10-8;2*1-2-5(8,3-6)4-7;1-2-3;1-3-2/h1,5-7,19-20H,3-4H2,(H2,14,16,17);1,6-7,9-10H,4-5H2,2H3;1,5-6,8-10,13H,3-4H2;1H,(H3,7,8,9,10,11);1,3,7-8,10H,4H2;1,6-8H,3-4H2;1,3,7-8H,4H2;2H,1H3;1H,2H2/t6-,7+,12+;6-,7+,8-;5-,6?,7+;;5-;;5-;;/m010.0.0../s1. The number of carbonyl (C=O) groups is 3. The smallest absolute Gasteiger partial charge is 0.312 e. The molecule has 0 bridgehead atoms. The average molecular weight is 1320 g/mol. The van der Waals surface area contributed by atoms with Gasteiger partial charge < -0.3 is 116 Å². The van der Waals surface area contributed by atoms with Crippen LogP contribution in [0.1, 0.15) is 39.3 Å². The Hall–Kier alpha value is -6.44. The summed E-state index contributed by atoms with van der Waals surface area (Å²) in [4.78, 5) is 69.2. The van der Waals surface area contributed by atoms with E-state index in [-0.39, 0.29) is 79.8 Å². The van der Waals surface area contributed by atoms with Crippen molar-refractivity contribution < 1.29 is 117 Å². The lowest BCUT2D eigenvalue weighted by atomic mass is 9.99. The van der Waals surface area contributed by atoms with Crippen molar-refractivity contribution in [2.75, 3.05) is 57.7 Å². The fourth-order valence-corrected chi connectivity index (χ4v) is 6.76. The van der Waals surface area contributed by atoms with Crippen LogP contribution < -0.4 is 11.5 Å². The van der Waals surface area contributed by atoms with Crippen LogP contribution in [-0.4, -0.2) is 240 Å². The molecular weight excluding hydrogens is 1260 g/mol. The second-order valence-electron chi connectivity index (χ2n) is 17.1. The number of aliphatic hydroxyl groups excluding tert-OH is 9. The number of terminal acetylenes is 6. The van der Waals surface area contributed by atoms with Gasteiger partial charge in [-0.3, -0.25) is 19.3 Å². The molecule has 3 fully saturated rings. The van der Waals surface area contributed by atoms with Gasteiger partial charge in [-0.15, -0.1) is 38.5 Å². The highest BCUT2D eigenvalue weighted by molar-refractivity contribution is 7.96. The first-order valence-electron chi connectivity index (χ1n) is 24.0. The third-order valence-corrected chi connectivity index (χ3v) is 11.5. The molecule has 0 amide bonds. The van der Waals surface area contributed by atoms with Gasteiger partial charge in [-0.2, -0.15) is 28.7 Å². The second kappa shape index (κ2) is 41.7. The molecule has 20 N–H and O–H groups in total. The fourth-order valence-electron chi connectivity index (χ4n) is 6.20. The summed E-state index contributed by atoms with van der Waals surface area (Å²) in [5.41, 5.74) is 2.39. The molecule has 0 saturated carbocycles. The molecule has 484 valence electrons. The van der Waals surface area contributed by atoms with Crippen LogP contribution in [0.4, 0.5) is 20.4 Å². The van der Waals surface area contributed by atoms with Crippen molar-refractivity contribution in [3.05, 3.63) is 24.8 Å². The van der Waals surface area contributed by atoms with E-state index < -0.39 is 121 Å². The first-order chi connectivity index (χ1) is 41.4. The number of hydrogen-bond acceptors (Lipinski definition) is 31. The van der Waals surface area contributed by atoms with Gasteiger partial charge in [0.05, 0.1) is 64.5 Å². The van der Waals surface area contributed by atoms with Crippen LogP contribution in [0.3, 0.4) is 0 Å². The molecule has 0 aromatic carbocycles. The number of anilines is 2. The summed E-state index contributed by atoms with van der Waals surface area (Å²) in [6.45, 7) is -0.0577. The maximum atomic E-state index is 13.3. The zero-order valence-corrected chi connectivity index (χ0v) is 50.5. The zero-order valence-electron chi connectivity index (χ0n) is 46.5. The number of imidazole rings is 2. The van der Waals surface area contributed by atoms with Crippen molar-refractivity contribution in [2.45, 2.75) is 104 Å². The summed E-state index contributed by atoms with van der Waals surface area (Å²) >= 11 is 0. The number of nitrogen functional groups attached to an aromatic ring is 2. The quantitative estimate of drug-likeness (QED) is 0.0244. The molecule has 0 aliphatic carbocycles. The average Bonchev–Trinajstić information content (AvgIpc) is 4.30. The number of H-pyrrole nitrogens is 1. The number of hydrogen-bond donors (Lipinski definition) is 18. The molecule has 33 nitrogen and oxygen atoms in total. The number of fused-ring (bicyclic) bond motifs is 2. The highest BCUT2D eigenvalue weighted by Gasteiger charge is 2.49. The third kappa shape index (κ3) is 25.6. The fraction of sp³-hybridized carbons (Fsp3) is 0.490. The lowest BCUT2D eigenvalue weighted by Gasteiger charge is -2.24. The number of aliphatic hydroxyl groups is 12. The SMILES string of the molecule is C#CC(O)(CO)CO.C#C[C@](O)(C=O)CO.C#C[C@](O)(C=O)COPO.C#C[C@]1(CO)O[C@@H](n2cnc3c(N)nc(F)nc32)C[C@@H]1O.C#C[C@]1(CO)O[C@H](C)C[C@@H]1O.C#C[C@]1(COPO)OC(O)C[C@@H]1O.CC=O.N=PP.Nc1nc(F)nc2nc[nH]c12. The Morgan fingerprint density at radius 3 is 1.62 bits per heavy atom. The minimum atomic E-state index is -1.97. The highest BCUT2D eigenvalue weighted by Crippen LogP contribution is 2.38. The topological polar surface area (TPSA) is 555 Å². The van der Waals surface area contributed by atoms with Crippen molar-refractivity contribution >= 4 is 87.9 Å². The molecule has 39 heteroatoms. The number of nitrogens with two attached hydrogens (primary N) is 2. The van der Waals surface area contributed by atoms with Crippen LogP contribution >= 0.6 is 35.1 Å². The van der Waals surface area contributed by atoms with E-state index in [4.69, 9.17) is 118 Å². The zero-order chi connectivity index (χ0) is 68.1. The summed E-state index contributed by atoms with van der Waals surface area (Å²) in [5.74, 6) is 12.1. The van der Waals surface area contributed by atoms with Gasteiger partial charge in [0.1, 0.15) is 36.8 Å². The van der Waals surface area contributed by atoms with Crippen molar-refractivity contribution in [2.24, 2.45) is 0 Å². The van der Waals surface area contributed by atoms with Crippen LogP contribution in [0.5, 0.6) is 0 Å². The molecule has 88 heavy (non-hydrogen) atoms. The minimum Gasteiger partial charge on any atom is -0.392 e. The summed E-state index contributed by atoms with van der Waals surface area (Å²) in [6, 6.07) is 0. The van der Waals surface area contributed by atoms with Crippen molar-refractivity contribution in [3.63, 3.8) is 0 Å². The molecule has 0 spiro atoms. The highest BCUT2D eigenvalue weighted by atomic mass is 32.0. The number of nitrogens with zero attached hydrogens (tertiary/aromatic N) is 7. The summed E-state index contributed by atoms with van der Waals surface area (Å²) in [7, 11) is 1.31. The van der Waals surface area contributed by atoms with E-state index in [1.165, 1.54) is 24.1 Å². The maximum Gasteiger partial charge on any atom is 0.312 e.